The third kappa shape index (κ3) is 5.41. The summed E-state index contributed by atoms with van der Waals surface area (Å²) in [5, 5.41) is 10.2. The van der Waals surface area contributed by atoms with Crippen LogP contribution in [0, 0.1) is 0 Å². The normalized spacial score (nSPS) is 15.8. The molecule has 0 fully saturated rings. The predicted octanol–water partition coefficient (Wildman–Crippen LogP) is 1.60. The minimum Gasteiger partial charge on any atom is -0.535 e. The second-order valence-corrected chi connectivity index (χ2v) is 6.34. The number of ketones is 2. The number of Topliss-reactive ketones (excluding diaryl/α,β-unsaturated/α-hetero) is 2. The summed E-state index contributed by atoms with van der Waals surface area (Å²) in [5.74, 6) is -0.814. The second kappa shape index (κ2) is 9.50. The van der Waals surface area contributed by atoms with E-state index in [1.54, 1.807) is 18.2 Å². The summed E-state index contributed by atoms with van der Waals surface area (Å²) >= 11 is 0. The molecule has 2 rings (SSSR count). The highest BCUT2D eigenvalue weighted by Gasteiger charge is 2.37. The van der Waals surface area contributed by atoms with Gasteiger partial charge in [0.1, 0.15) is 29.5 Å². The largest absolute Gasteiger partial charge is 0.535 e. The summed E-state index contributed by atoms with van der Waals surface area (Å²) in [4.78, 5) is 35.2. The fraction of sp³-hybridized carbons (Fsp3) is 0.500. The van der Waals surface area contributed by atoms with Crippen LogP contribution in [0.1, 0.15) is 42.1 Å². The summed E-state index contributed by atoms with van der Waals surface area (Å²) in [5.41, 5.74) is 0.972. The van der Waals surface area contributed by atoms with E-state index in [0.29, 0.717) is 6.42 Å². The third-order valence-corrected chi connectivity index (χ3v) is 4.21. The van der Waals surface area contributed by atoms with Crippen molar-refractivity contribution in [2.24, 2.45) is 0 Å². The minimum absolute atomic E-state index is 0.0410. The number of para-hydroxylation sites is 1. The van der Waals surface area contributed by atoms with E-state index in [1.807, 2.05) is 0 Å². The SMILES string of the molecule is COCCOC(=O)c1cccc2c1OB(O)[C@@H](CC(=O)CCC(C)=O)C2. The Morgan fingerprint density at radius 3 is 2.73 bits per heavy atom. The molecule has 26 heavy (non-hydrogen) atoms. The molecule has 1 aliphatic heterocycles. The molecule has 0 aromatic heterocycles. The first kappa shape index (κ1) is 20.1. The van der Waals surface area contributed by atoms with Crippen LogP contribution in [0.25, 0.3) is 0 Å². The summed E-state index contributed by atoms with van der Waals surface area (Å²) in [6.45, 7) is 1.85. The zero-order chi connectivity index (χ0) is 19.1. The molecule has 0 bridgehead atoms. The van der Waals surface area contributed by atoms with Crippen LogP contribution < -0.4 is 4.65 Å². The lowest BCUT2D eigenvalue weighted by atomic mass is 9.64. The van der Waals surface area contributed by atoms with Crippen LogP contribution in [0.2, 0.25) is 5.82 Å². The Morgan fingerprint density at radius 2 is 2.04 bits per heavy atom. The van der Waals surface area contributed by atoms with Crippen LogP contribution in [0.5, 0.6) is 5.75 Å². The summed E-state index contributed by atoms with van der Waals surface area (Å²) < 4.78 is 15.5. The highest BCUT2D eigenvalue weighted by atomic mass is 16.6. The molecule has 0 aliphatic carbocycles. The van der Waals surface area contributed by atoms with Gasteiger partial charge >= 0.3 is 13.1 Å². The Bertz CT molecular complexity index is 674. The quantitative estimate of drug-likeness (QED) is 0.405. The molecule has 7 nitrogen and oxygen atoms in total. The number of hydrogen-bond acceptors (Lipinski definition) is 7. The molecule has 0 spiro atoms. The van der Waals surface area contributed by atoms with Gasteiger partial charge in [0.25, 0.3) is 0 Å². The Kier molecular flexibility index (Phi) is 7.35. The van der Waals surface area contributed by atoms with Gasteiger partial charge in [-0.2, -0.15) is 0 Å². The number of rotatable bonds is 9. The summed E-state index contributed by atoms with van der Waals surface area (Å²) in [6, 6.07) is 5.07. The van der Waals surface area contributed by atoms with Gasteiger partial charge in [0.2, 0.25) is 0 Å². The molecule has 1 aromatic rings. The van der Waals surface area contributed by atoms with E-state index >= 15 is 0 Å². The average molecular weight is 362 g/mol. The number of carbonyl (C=O) groups excluding carboxylic acids is 3. The van der Waals surface area contributed by atoms with Crippen molar-refractivity contribution in [2.45, 2.75) is 38.4 Å². The Hall–Kier alpha value is -2.19. The van der Waals surface area contributed by atoms with E-state index in [4.69, 9.17) is 14.1 Å². The maximum absolute atomic E-state index is 12.2. The van der Waals surface area contributed by atoms with E-state index in [1.165, 1.54) is 14.0 Å². The highest BCUT2D eigenvalue weighted by molar-refractivity contribution is 6.47. The first-order valence-corrected chi connectivity index (χ1v) is 8.56. The smallest absolute Gasteiger partial charge is 0.526 e. The molecule has 1 aliphatic rings. The van der Waals surface area contributed by atoms with Crippen LogP contribution in [-0.4, -0.2) is 50.0 Å². The summed E-state index contributed by atoms with van der Waals surface area (Å²) in [7, 11) is 0.312. The van der Waals surface area contributed by atoms with E-state index in [9.17, 15) is 19.4 Å². The van der Waals surface area contributed by atoms with Crippen molar-refractivity contribution in [1.29, 1.82) is 0 Å². The standard InChI is InChI=1S/C18H23BO7/c1-12(20)6-7-15(21)11-14-10-13-4-3-5-16(17(13)26-19(14)23)18(22)25-9-8-24-2/h3-5,14,23H,6-11H2,1-2H3/t14-/m1/s1. The van der Waals surface area contributed by atoms with Crippen molar-refractivity contribution in [3.8, 4) is 5.75 Å². The van der Waals surface area contributed by atoms with Crippen molar-refractivity contribution >= 4 is 24.7 Å². The fourth-order valence-corrected chi connectivity index (χ4v) is 2.82. The van der Waals surface area contributed by atoms with Crippen molar-refractivity contribution in [2.75, 3.05) is 20.3 Å². The van der Waals surface area contributed by atoms with E-state index in [-0.39, 0.29) is 55.4 Å². The number of hydrogen-bond donors (Lipinski definition) is 1. The molecule has 1 aromatic carbocycles. The number of benzene rings is 1. The summed E-state index contributed by atoms with van der Waals surface area (Å²) in [6.07, 6.45) is 0.895. The molecule has 8 heteroatoms. The van der Waals surface area contributed by atoms with Crippen LogP contribution in [-0.2, 0) is 25.5 Å². The molecule has 1 heterocycles. The predicted molar refractivity (Wildman–Crippen MR) is 94.2 cm³/mol. The van der Waals surface area contributed by atoms with Gasteiger partial charge in [0.05, 0.1) is 6.61 Å². The Balaban J connectivity index is 2.05. The van der Waals surface area contributed by atoms with Crippen molar-refractivity contribution < 1.29 is 33.5 Å². The van der Waals surface area contributed by atoms with Crippen LogP contribution in [0.3, 0.4) is 0 Å². The fourth-order valence-electron chi connectivity index (χ4n) is 2.82. The molecular formula is C18H23BO7. The highest BCUT2D eigenvalue weighted by Crippen LogP contribution is 2.36. The van der Waals surface area contributed by atoms with E-state index in [0.717, 1.165) is 5.56 Å². The molecule has 1 N–H and O–H groups in total. The first-order chi connectivity index (χ1) is 12.4. The molecular weight excluding hydrogens is 339 g/mol. The number of carbonyl (C=O) groups is 3. The first-order valence-electron chi connectivity index (χ1n) is 8.56. The van der Waals surface area contributed by atoms with Gasteiger partial charge in [-0.1, -0.05) is 12.1 Å². The number of esters is 1. The van der Waals surface area contributed by atoms with Gasteiger partial charge in [-0.25, -0.2) is 4.79 Å². The number of fused-ring (bicyclic) bond motifs is 1. The van der Waals surface area contributed by atoms with Crippen LogP contribution in [0.4, 0.5) is 0 Å². The van der Waals surface area contributed by atoms with Gasteiger partial charge in [0.15, 0.2) is 0 Å². The van der Waals surface area contributed by atoms with Crippen molar-refractivity contribution in [3.63, 3.8) is 0 Å². The van der Waals surface area contributed by atoms with Gasteiger partial charge in [-0.05, 0) is 25.0 Å². The average Bonchev–Trinajstić information content (AvgIpc) is 2.60. The number of methoxy groups -OCH3 is 1. The van der Waals surface area contributed by atoms with Gasteiger partial charge in [0, 0.05) is 32.2 Å². The zero-order valence-electron chi connectivity index (χ0n) is 15.0. The Morgan fingerprint density at radius 1 is 1.27 bits per heavy atom. The molecule has 0 radical (unpaired) electrons. The molecule has 0 unspecified atom stereocenters. The maximum atomic E-state index is 12.2. The van der Waals surface area contributed by atoms with Gasteiger partial charge in [-0.15, -0.1) is 0 Å². The molecule has 0 saturated heterocycles. The topological polar surface area (TPSA) is 99.1 Å². The lowest BCUT2D eigenvalue weighted by Gasteiger charge is -2.28. The molecule has 0 amide bonds. The maximum Gasteiger partial charge on any atom is 0.526 e. The lowest BCUT2D eigenvalue weighted by molar-refractivity contribution is -0.123. The molecule has 1 atom stereocenters. The van der Waals surface area contributed by atoms with Crippen LogP contribution in [0.15, 0.2) is 18.2 Å². The molecule has 0 saturated carbocycles. The Labute approximate surface area is 152 Å². The van der Waals surface area contributed by atoms with Crippen molar-refractivity contribution in [1.82, 2.24) is 0 Å². The lowest BCUT2D eigenvalue weighted by Crippen LogP contribution is -2.36. The van der Waals surface area contributed by atoms with Gasteiger partial charge in [-0.3, -0.25) is 4.79 Å². The zero-order valence-corrected chi connectivity index (χ0v) is 15.0. The van der Waals surface area contributed by atoms with Gasteiger partial charge < -0.3 is 23.9 Å². The van der Waals surface area contributed by atoms with Crippen LogP contribution >= 0.6 is 0 Å². The number of ether oxygens (including phenoxy) is 2. The minimum atomic E-state index is -1.20. The monoisotopic (exact) mass is 362 g/mol. The third-order valence-electron chi connectivity index (χ3n) is 4.21. The van der Waals surface area contributed by atoms with Crippen molar-refractivity contribution in [3.05, 3.63) is 29.3 Å². The van der Waals surface area contributed by atoms with E-state index in [2.05, 4.69) is 0 Å². The molecule has 140 valence electrons. The second-order valence-electron chi connectivity index (χ2n) is 6.34. The van der Waals surface area contributed by atoms with E-state index < -0.39 is 18.9 Å².